The van der Waals surface area contributed by atoms with Gasteiger partial charge >= 0.3 is 37.9 Å². The Balaban J connectivity index is 0. The molecule has 0 bridgehead atoms. The van der Waals surface area contributed by atoms with Crippen LogP contribution in [-0.4, -0.2) is 19.8 Å². The Bertz CT molecular complexity index is 1200. The van der Waals surface area contributed by atoms with Gasteiger partial charge in [0, 0.05) is 49.4 Å². The van der Waals surface area contributed by atoms with Gasteiger partial charge in [0.1, 0.15) is 0 Å². The van der Waals surface area contributed by atoms with E-state index >= 15 is 0 Å². The maximum atomic E-state index is 4.94. The molecule has 0 saturated heterocycles. The first-order valence-corrected chi connectivity index (χ1v) is 14.6. The van der Waals surface area contributed by atoms with E-state index in [9.17, 15) is 0 Å². The molecule has 8 heteroatoms. The predicted octanol–water partition coefficient (Wildman–Crippen LogP) is -2.28. The standard InChI is InChI=1S/6B.Eu.La. The van der Waals surface area contributed by atoms with Crippen molar-refractivity contribution in [3.8, 4) is 0 Å². The van der Waals surface area contributed by atoms with Crippen molar-refractivity contribution < 1.29 is 67.5 Å². The minimum atomic E-state index is -5.44. The van der Waals surface area contributed by atoms with E-state index in [1.807, 2.05) is 0 Å². The zero-order valence-electron chi connectivity index (χ0n) is 4.42. The first-order valence-electron chi connectivity index (χ1n) is 2.00. The Morgan fingerprint density at radius 3 is 0.625 bits per heavy atom. The van der Waals surface area contributed by atoms with Crippen LogP contribution in [0.5, 0.6) is 0 Å². The van der Waals surface area contributed by atoms with Crippen LogP contribution in [0.3, 0.4) is 0 Å². The van der Waals surface area contributed by atoms with Crippen molar-refractivity contribution in [3.05, 3.63) is 0 Å². The molecule has 0 amide bonds. The molecular formula is B6EuLa. The summed E-state index contributed by atoms with van der Waals surface area (Å²) < 4.78 is 29.7. The van der Waals surface area contributed by atoms with Gasteiger partial charge in [0.2, 0.25) is 0 Å². The summed E-state index contributed by atoms with van der Waals surface area (Å²) in [6, 6.07) is 0. The van der Waals surface area contributed by atoms with Gasteiger partial charge in [-0.1, -0.05) is 0 Å². The fourth-order valence-corrected chi connectivity index (χ4v) is 0. The van der Waals surface area contributed by atoms with E-state index in [0.717, 1.165) is 0 Å². The van der Waals surface area contributed by atoms with Crippen LogP contribution < -0.4 is 0 Å². The van der Waals surface area contributed by atoms with Crippen molar-refractivity contribution in [2.45, 2.75) is 0 Å². The van der Waals surface area contributed by atoms with Gasteiger partial charge in [0.15, 0.2) is 0 Å². The average Bonchev–Trinajstić information content (AvgIpc) is 0.592. The maximum absolute atomic E-state index is 5.44. The third-order valence-electron chi connectivity index (χ3n) is 0. The summed E-state index contributed by atoms with van der Waals surface area (Å²) >= 11 is -5.44. The fraction of sp³-hybridized carbons (Fsp3) is 0. The Labute approximate surface area is 84.3 Å². The third kappa shape index (κ3) is 60.9. The maximum Gasteiger partial charge on any atom is 0 e. The third-order valence-corrected chi connectivity index (χ3v) is 0. The second kappa shape index (κ2) is 2.59. The molecule has 8 heavy (non-hydrogen) atoms. The minimum absolute atomic E-state index is 0. The molecule has 0 aliphatic rings. The molecule has 0 aromatic carbocycles. The van der Waals surface area contributed by atoms with E-state index in [1.54, 1.807) is 0 Å². The van der Waals surface area contributed by atoms with Gasteiger partial charge in [0.05, 0.1) is 0 Å². The molecule has 0 heterocycles. The molecule has 0 rings (SSSR count). The molecule has 0 N–H and O–H groups in total. The number of hydrogen-bond acceptors (Lipinski definition) is 0. The summed E-state index contributed by atoms with van der Waals surface area (Å²) in [7, 11) is 0. The normalized spacial score (nSPS) is 21.0. The number of rotatable bonds is 0. The molecule has 0 unspecified atom stereocenters. The van der Waals surface area contributed by atoms with E-state index in [0.29, 0.717) is 0 Å². The van der Waals surface area contributed by atoms with Gasteiger partial charge < -0.3 is 0 Å². The van der Waals surface area contributed by atoms with Gasteiger partial charge in [-0.2, -0.15) is 0 Å². The molecular weight excluding hydrogens is 356 g/mol. The van der Waals surface area contributed by atoms with Crippen LogP contribution in [0.1, 0.15) is 0 Å². The van der Waals surface area contributed by atoms with Gasteiger partial charge in [-0.15, -0.1) is 0 Å². The molecule has 0 nitrogen and oxygen atoms in total. The van der Waals surface area contributed by atoms with Crippen molar-refractivity contribution in [1.82, 2.24) is 0 Å². The first kappa shape index (κ1) is 13.7. The largest absolute Gasteiger partial charge is 0 e. The topological polar surface area (TPSA) is 0 Å². The molecule has 1 radical (unpaired) electrons. The summed E-state index contributed by atoms with van der Waals surface area (Å²) in [5.74, 6) is 0. The molecule has 28 valence electrons. The molecule has 0 atom stereocenters. The molecule has 0 aromatic rings. The Morgan fingerprint density at radius 2 is 0.625 bits per heavy atom. The van der Waals surface area contributed by atoms with E-state index in [2.05, 4.69) is 0 Å². The van der Waals surface area contributed by atoms with Crippen molar-refractivity contribution in [2.24, 2.45) is 0 Å². The van der Waals surface area contributed by atoms with Crippen molar-refractivity contribution >= 4 is 19.8 Å². The monoisotopic (exact) mass is 358 g/mol. The van der Waals surface area contributed by atoms with Crippen LogP contribution in [0.15, 0.2) is 0 Å². The van der Waals surface area contributed by atoms with Crippen LogP contribution >= 0.6 is 0 Å². The fourth-order valence-electron chi connectivity index (χ4n) is 0. The second-order valence-electron chi connectivity index (χ2n) is 2.89. The smallest absolute Gasteiger partial charge is 0 e. The van der Waals surface area contributed by atoms with Crippen molar-refractivity contribution in [2.75, 3.05) is 0 Å². The molecule has 0 aromatic heterocycles. The van der Waals surface area contributed by atoms with Crippen LogP contribution in [0.25, 0.3) is 0 Å². The number of hydrogen-bond donors (Lipinski definition) is 0. The first-order chi connectivity index (χ1) is 2.45. The van der Waals surface area contributed by atoms with Crippen molar-refractivity contribution in [3.63, 3.8) is 0 Å². The summed E-state index contributed by atoms with van der Waals surface area (Å²) in [4.78, 5) is 0. The Morgan fingerprint density at radius 1 is 0.625 bits per heavy atom. The van der Waals surface area contributed by atoms with Gasteiger partial charge in [0.25, 0.3) is 0 Å². The average molecular weight is 356 g/mol. The zero-order chi connectivity index (χ0) is 6.41. The minimum Gasteiger partial charge on any atom is 0 e. The van der Waals surface area contributed by atoms with Crippen LogP contribution in [-0.2, 0) is 0 Å². The van der Waals surface area contributed by atoms with E-state index in [4.69, 9.17) is 19.8 Å². The van der Waals surface area contributed by atoms with E-state index in [-0.39, 0.29) is 49.4 Å². The Kier molecular flexibility index (Phi) is 4.45. The van der Waals surface area contributed by atoms with E-state index in [1.165, 1.54) is 0 Å². The molecule has 0 fully saturated rings. The van der Waals surface area contributed by atoms with Gasteiger partial charge in [-0.05, 0) is 0 Å². The van der Waals surface area contributed by atoms with E-state index < -0.39 is 18.1 Å². The van der Waals surface area contributed by atoms with Crippen LogP contribution in [0.2, 0.25) is 0 Å². The SMILES string of the molecule is [B]#[La](#[B])(#[B])(#[B])(#[B])#[B].[Eu]. The van der Waals surface area contributed by atoms with Crippen LogP contribution in [0, 0.1) is 67.5 Å². The molecule has 0 aliphatic carbocycles. The van der Waals surface area contributed by atoms with Gasteiger partial charge in [-0.25, -0.2) is 0 Å². The molecule has 0 aliphatic heterocycles. The molecule has 0 spiro atoms. The summed E-state index contributed by atoms with van der Waals surface area (Å²) in [6.07, 6.45) is 0. The van der Waals surface area contributed by atoms with Crippen LogP contribution in [0.4, 0.5) is 0 Å². The quantitative estimate of drug-likeness (QED) is 0.429. The summed E-state index contributed by atoms with van der Waals surface area (Å²) in [5.41, 5.74) is 0. The second-order valence-corrected chi connectivity index (χ2v) is 21.0. The zero-order valence-corrected chi connectivity index (χ0v) is 10.5. The van der Waals surface area contributed by atoms with Gasteiger partial charge in [-0.3, -0.25) is 0 Å². The summed E-state index contributed by atoms with van der Waals surface area (Å²) in [6.45, 7) is 0. The van der Waals surface area contributed by atoms with Crippen molar-refractivity contribution in [1.29, 1.82) is 0 Å². The molecule has 0 saturated carbocycles. The predicted molar refractivity (Wildman–Crippen MR) is 34.5 cm³/mol. The Hall–Kier alpha value is 3.17. The summed E-state index contributed by atoms with van der Waals surface area (Å²) in [5, 5.41) is 0.